The predicted octanol–water partition coefficient (Wildman–Crippen LogP) is -0.682. The molecule has 8 aliphatic rings. The molecule has 438 valence electrons. The third-order valence-electron chi connectivity index (χ3n) is 20.7. The molecule has 3 saturated heterocycles. The molecule has 4 saturated carbocycles. The fraction of sp³-hybridized carbons (Fsp3) is 0.870. The van der Waals surface area contributed by atoms with Crippen molar-refractivity contribution in [2.24, 2.45) is 50.2 Å². The van der Waals surface area contributed by atoms with Gasteiger partial charge in [0.1, 0.15) is 73.2 Å². The highest BCUT2D eigenvalue weighted by Gasteiger charge is 2.74. The maximum Gasteiger partial charge on any atom is 0.335 e. The number of rotatable bonds is 13. The molecule has 0 radical (unpaired) electrons. The van der Waals surface area contributed by atoms with Crippen molar-refractivity contribution in [3.05, 3.63) is 23.3 Å². The zero-order valence-electron chi connectivity index (χ0n) is 45.4. The van der Waals surface area contributed by atoms with E-state index in [1.165, 1.54) is 6.92 Å². The van der Waals surface area contributed by atoms with Gasteiger partial charge in [0, 0.05) is 23.3 Å². The Morgan fingerprint density at radius 3 is 1.99 bits per heavy atom. The van der Waals surface area contributed by atoms with Gasteiger partial charge in [-0.15, -0.1) is 0 Å². The Hall–Kier alpha value is -2.79. The third kappa shape index (κ3) is 9.64. The molecule has 0 aromatic heterocycles. The average Bonchev–Trinajstić information content (AvgIpc) is 3.54. The number of allylic oxidation sites excluding steroid dienone is 3. The molecule has 0 bridgehead atoms. The van der Waals surface area contributed by atoms with E-state index in [-0.39, 0.29) is 24.7 Å². The Morgan fingerprint density at radius 1 is 0.714 bits per heavy atom. The van der Waals surface area contributed by atoms with Crippen LogP contribution in [-0.4, -0.2) is 216 Å². The molecule has 0 spiro atoms. The van der Waals surface area contributed by atoms with Gasteiger partial charge in [-0.05, 0) is 92.8 Å². The molecule has 0 amide bonds. The van der Waals surface area contributed by atoms with E-state index in [4.69, 9.17) is 37.9 Å². The van der Waals surface area contributed by atoms with Crippen molar-refractivity contribution in [3.63, 3.8) is 0 Å². The molecular weight excluding hydrogens is 1020 g/mol. The van der Waals surface area contributed by atoms with Crippen LogP contribution in [0.5, 0.6) is 0 Å². The molecule has 8 rings (SSSR count). The minimum Gasteiger partial charge on any atom is -0.479 e. The first-order valence-corrected chi connectivity index (χ1v) is 27.1. The predicted molar refractivity (Wildman–Crippen MR) is 263 cm³/mol. The molecule has 12 N–H and O–H groups in total. The van der Waals surface area contributed by atoms with Crippen LogP contribution in [0, 0.1) is 50.2 Å². The number of esters is 2. The van der Waals surface area contributed by atoms with E-state index >= 15 is 0 Å². The smallest absolute Gasteiger partial charge is 0.335 e. The molecule has 23 nitrogen and oxygen atoms in total. The van der Waals surface area contributed by atoms with Crippen LogP contribution in [0.2, 0.25) is 0 Å². The first-order valence-electron chi connectivity index (χ1n) is 27.1. The van der Waals surface area contributed by atoms with Crippen molar-refractivity contribution in [1.29, 1.82) is 0 Å². The fourth-order valence-corrected chi connectivity index (χ4v) is 16.0. The van der Waals surface area contributed by atoms with Crippen LogP contribution in [0.1, 0.15) is 107 Å². The first-order chi connectivity index (χ1) is 36.0. The monoisotopic (exact) mass is 1100 g/mol. The minimum absolute atomic E-state index is 0.0613. The molecule has 3 aliphatic heterocycles. The molecular formula is C54H84O23. The highest BCUT2D eigenvalue weighted by molar-refractivity contribution is 5.87. The molecule has 26 atom stereocenters. The van der Waals surface area contributed by atoms with Crippen LogP contribution in [0.25, 0.3) is 0 Å². The number of aliphatic hydroxyl groups excluding tert-OH is 11. The quantitative estimate of drug-likeness (QED) is 0.0470. The third-order valence-corrected chi connectivity index (χ3v) is 20.7. The SMILES string of the molecule is C/C=C(\C)C(=O)O[C@H]1[C@H](OC(C)=O)[C@@]2(CO)C(CC1(C)C)C1=CC[C@@H]3[C@@]4(C)CC[C@H](O[C@@H]5O[C@H](C(=O)O)[C@@H](O[C@@H]6O[C@H](CO)[C@@H](O)[C@H](O)[C@H]6O)[C@H](O)[C@H]5O[C@@H]5OC[C@@H](O)[C@H](O)[C@H]5O)[C@](C)(CO)[C@@H]4CC[C@@]3(C)[C@]1(C)C[C@H]2O. The van der Waals surface area contributed by atoms with Gasteiger partial charge in [0.25, 0.3) is 0 Å². The molecule has 77 heavy (non-hydrogen) atoms. The lowest BCUT2D eigenvalue weighted by Crippen LogP contribution is -2.72. The molecule has 1 unspecified atom stereocenters. The summed E-state index contributed by atoms with van der Waals surface area (Å²) in [6, 6.07) is 0. The summed E-state index contributed by atoms with van der Waals surface area (Å²) in [6.45, 7) is 14.6. The van der Waals surface area contributed by atoms with E-state index in [0.717, 1.165) is 5.57 Å². The lowest BCUT2D eigenvalue weighted by molar-refractivity contribution is -0.387. The Kier molecular flexibility index (Phi) is 17.1. The lowest BCUT2D eigenvalue weighted by atomic mass is 9.33. The highest BCUT2D eigenvalue weighted by atomic mass is 16.8. The van der Waals surface area contributed by atoms with Crippen molar-refractivity contribution in [1.82, 2.24) is 0 Å². The number of ether oxygens (including phenoxy) is 8. The molecule has 5 aliphatic carbocycles. The standard InChI is InChI=1S/C54H84O23/c1-10-23(2)45(69)77-42-43(71-24(3)58)54(22-57)26(17-49(42,4)5)25-11-12-30-50(6)15-14-32(51(7,21-56)29(50)13-16-52(30,8)53(25,9)18-31(54)60)73-48-40(75-46-36(64)33(61)27(59)20-70-46)38(66)39(41(76-48)44(67)68)74-47-37(65)35(63)34(62)28(19-55)72-47/h10-11,26-43,46-48,55-57,59-66H,12-22H2,1-9H3,(H,67,68)/b23-10+/t26?,27-,28-,29-,30-,31-,32+,33+,34-,35+,36-,37-,38+,39+,40-,41+,42+,43+,46+,47+,48-,50+,51-,52-,53-,54+/m1/s1. The van der Waals surface area contributed by atoms with E-state index in [0.29, 0.717) is 37.7 Å². The van der Waals surface area contributed by atoms with Crippen LogP contribution < -0.4 is 0 Å². The van der Waals surface area contributed by atoms with Gasteiger partial charge in [-0.2, -0.15) is 0 Å². The largest absolute Gasteiger partial charge is 0.479 e. The molecule has 7 fully saturated rings. The maximum absolute atomic E-state index is 13.4. The molecule has 3 heterocycles. The zero-order valence-corrected chi connectivity index (χ0v) is 45.4. The van der Waals surface area contributed by atoms with Gasteiger partial charge in [-0.3, -0.25) is 4.79 Å². The van der Waals surface area contributed by atoms with Crippen LogP contribution in [0.3, 0.4) is 0 Å². The average molecular weight is 1100 g/mol. The highest BCUT2D eigenvalue weighted by Crippen LogP contribution is 2.76. The van der Waals surface area contributed by atoms with E-state index in [2.05, 4.69) is 26.8 Å². The molecule has 0 aromatic rings. The summed E-state index contributed by atoms with van der Waals surface area (Å²) in [5, 5.41) is 132. The van der Waals surface area contributed by atoms with Crippen molar-refractivity contribution in [3.8, 4) is 0 Å². The van der Waals surface area contributed by atoms with Gasteiger partial charge in [0.15, 0.2) is 25.0 Å². The van der Waals surface area contributed by atoms with Crippen LogP contribution in [0.15, 0.2) is 23.3 Å². The Balaban J connectivity index is 1.11. The fourth-order valence-electron chi connectivity index (χ4n) is 16.0. The summed E-state index contributed by atoms with van der Waals surface area (Å²) < 4.78 is 48.0. The van der Waals surface area contributed by atoms with Gasteiger partial charge >= 0.3 is 17.9 Å². The Morgan fingerprint density at radius 2 is 1.38 bits per heavy atom. The summed E-state index contributed by atoms with van der Waals surface area (Å²) in [6.07, 6.45) is -23.5. The van der Waals surface area contributed by atoms with Crippen molar-refractivity contribution in [2.45, 2.75) is 218 Å². The van der Waals surface area contributed by atoms with Crippen molar-refractivity contribution < 1.29 is 114 Å². The van der Waals surface area contributed by atoms with E-state index < -0.39 is 193 Å². The Labute approximate surface area is 448 Å². The van der Waals surface area contributed by atoms with E-state index in [1.807, 2.05) is 20.8 Å². The van der Waals surface area contributed by atoms with E-state index in [1.54, 1.807) is 19.9 Å². The number of aliphatic carboxylic acids is 1. The Bertz CT molecular complexity index is 2240. The zero-order chi connectivity index (χ0) is 56.9. The molecule has 23 heteroatoms. The number of carboxylic acids is 1. The summed E-state index contributed by atoms with van der Waals surface area (Å²) in [5.41, 5.74) is -3.63. The second-order valence-corrected chi connectivity index (χ2v) is 25.1. The molecule has 0 aromatic carbocycles. The number of hydrogen-bond donors (Lipinski definition) is 12. The lowest BCUT2D eigenvalue weighted by Gasteiger charge is -2.72. The van der Waals surface area contributed by atoms with Crippen LogP contribution >= 0.6 is 0 Å². The van der Waals surface area contributed by atoms with Gasteiger partial charge in [-0.1, -0.05) is 59.3 Å². The summed E-state index contributed by atoms with van der Waals surface area (Å²) in [7, 11) is 0. The number of hydrogen-bond acceptors (Lipinski definition) is 22. The van der Waals surface area contributed by atoms with Crippen molar-refractivity contribution in [2.75, 3.05) is 26.4 Å². The summed E-state index contributed by atoms with van der Waals surface area (Å²) in [4.78, 5) is 39.4. The topological polar surface area (TPSA) is 368 Å². The second-order valence-electron chi connectivity index (χ2n) is 25.1. The van der Waals surface area contributed by atoms with Crippen LogP contribution in [0.4, 0.5) is 0 Å². The van der Waals surface area contributed by atoms with Crippen molar-refractivity contribution >= 4 is 17.9 Å². The normalized spacial score (nSPS) is 50.7. The summed E-state index contributed by atoms with van der Waals surface area (Å²) in [5.74, 6) is -3.76. The number of carbonyl (C=O) groups is 3. The second kappa shape index (κ2) is 21.8. The van der Waals surface area contributed by atoms with Gasteiger partial charge in [0.05, 0.1) is 44.1 Å². The van der Waals surface area contributed by atoms with Gasteiger partial charge in [-0.25, -0.2) is 9.59 Å². The number of fused-ring (bicyclic) bond motifs is 7. The van der Waals surface area contributed by atoms with Crippen LogP contribution in [-0.2, 0) is 52.3 Å². The first kappa shape index (κ1) is 60.3. The number of carbonyl (C=O) groups excluding carboxylic acids is 2. The van der Waals surface area contributed by atoms with Gasteiger partial charge < -0.3 is 99.2 Å². The maximum atomic E-state index is 13.4. The minimum atomic E-state index is -2.11. The number of carboxylic acid groups (broad SMARTS) is 1. The summed E-state index contributed by atoms with van der Waals surface area (Å²) >= 11 is 0. The van der Waals surface area contributed by atoms with Gasteiger partial charge in [0.2, 0.25) is 0 Å². The van der Waals surface area contributed by atoms with E-state index in [9.17, 15) is 75.7 Å². The number of aliphatic hydroxyl groups is 11.